The fraction of sp³-hybridized carbons (Fsp3) is 0. The van der Waals surface area contributed by atoms with Crippen LogP contribution in [0.3, 0.4) is 0 Å². The lowest BCUT2D eigenvalue weighted by Crippen LogP contribution is -1.96. The van der Waals surface area contributed by atoms with Gasteiger partial charge < -0.3 is 0 Å². The molecule has 0 atom stereocenters. The summed E-state index contributed by atoms with van der Waals surface area (Å²) in [6, 6.07) is 159. The first-order chi connectivity index (χ1) is 68.3. The van der Waals surface area contributed by atoms with E-state index in [2.05, 4.69) is 394 Å². The van der Waals surface area contributed by atoms with Gasteiger partial charge in [0.1, 0.15) is 15.0 Å². The molecule has 0 bridgehead atoms. The number of para-hydroxylation sites is 3. The third-order valence-electron chi connectivity index (χ3n) is 25.0. The fourth-order valence-electron chi connectivity index (χ4n) is 18.3. The molecule has 138 heavy (non-hydrogen) atoms. The number of thiazole rings is 3. The summed E-state index contributed by atoms with van der Waals surface area (Å²) in [4.78, 5) is 46.1. The highest BCUT2D eigenvalue weighted by Gasteiger charge is 2.24. The second-order valence-corrected chi connectivity index (χ2v) is 40.1. The predicted molar refractivity (Wildman–Crippen MR) is 586 cm³/mol. The average Bonchev–Trinajstić information content (AvgIpc) is 1.56. The molecule has 18 aromatic carbocycles. The van der Waals surface area contributed by atoms with E-state index in [-0.39, 0.29) is 0 Å². The smallest absolute Gasteiger partial charge is 0.161 e. The number of fused-ring (bicyclic) bond motifs is 12. The summed E-state index contributed by atoms with van der Waals surface area (Å²) in [6.45, 7) is 0. The summed E-state index contributed by atoms with van der Waals surface area (Å²) in [5, 5.41) is 10.3. The molecule has 9 heterocycles. The molecule has 0 aliphatic rings. The van der Waals surface area contributed by atoms with Crippen molar-refractivity contribution in [2.45, 2.75) is 0 Å². The van der Waals surface area contributed by atoms with Gasteiger partial charge in [0.2, 0.25) is 0 Å². The number of aromatic nitrogens is 9. The molecule has 0 N–H and O–H groups in total. The molecule has 0 saturated heterocycles. The van der Waals surface area contributed by atoms with Gasteiger partial charge in [-0.15, -0.1) is 68.0 Å². The van der Waals surface area contributed by atoms with E-state index in [1.54, 1.807) is 34.0 Å². The minimum atomic E-state index is 0.709. The maximum Gasteiger partial charge on any atom is 0.161 e. The molecule has 0 spiro atoms. The van der Waals surface area contributed by atoms with E-state index in [1.165, 1.54) is 96.9 Å². The minimum absolute atomic E-state index is 0.709. The molecule has 0 aliphatic heterocycles. The summed E-state index contributed by atoms with van der Waals surface area (Å²) in [5.74, 6) is 2.15. The highest BCUT2D eigenvalue weighted by Crippen LogP contribution is 2.49. The molecule has 648 valence electrons. The Bertz CT molecular complexity index is 9120. The van der Waals surface area contributed by atoms with Gasteiger partial charge in [-0.3, -0.25) is 0 Å². The van der Waals surface area contributed by atoms with Gasteiger partial charge >= 0.3 is 0 Å². The van der Waals surface area contributed by atoms with E-state index in [1.807, 2.05) is 94.7 Å². The van der Waals surface area contributed by atoms with E-state index in [0.717, 1.165) is 155 Å². The summed E-state index contributed by atoms with van der Waals surface area (Å²) in [5.41, 5.74) is 28.4. The number of rotatable bonds is 15. The maximum atomic E-state index is 5.33. The first-order valence-corrected chi connectivity index (χ1v) is 50.5. The zero-order valence-electron chi connectivity index (χ0n) is 73.8. The Morgan fingerprint density at radius 1 is 0.130 bits per heavy atom. The van der Waals surface area contributed by atoms with Crippen LogP contribution in [0.4, 0.5) is 0 Å². The predicted octanol–water partition coefficient (Wildman–Crippen LogP) is 35.4. The van der Waals surface area contributed by atoms with Gasteiger partial charge in [0.15, 0.2) is 17.5 Å². The molecule has 0 amide bonds. The molecular weight excluding hydrogens is 1800 g/mol. The maximum absolute atomic E-state index is 5.33. The quantitative estimate of drug-likeness (QED) is 0.0989. The molecule has 27 rings (SSSR count). The molecular formula is C123H75N9S6. The number of nitrogens with zero attached hydrogens (tertiary/aromatic N) is 9. The van der Waals surface area contributed by atoms with Gasteiger partial charge in [0, 0.05) is 127 Å². The van der Waals surface area contributed by atoms with Crippen molar-refractivity contribution in [3.63, 3.8) is 0 Å². The second kappa shape index (κ2) is 36.4. The normalized spacial score (nSPS) is 11.5. The summed E-state index contributed by atoms with van der Waals surface area (Å²) in [6.07, 6.45) is 0. The number of hydrogen-bond acceptors (Lipinski definition) is 15. The van der Waals surface area contributed by atoms with E-state index >= 15 is 0 Å². The van der Waals surface area contributed by atoms with Gasteiger partial charge in [-0.1, -0.05) is 334 Å². The van der Waals surface area contributed by atoms with Crippen LogP contribution in [0.25, 0.3) is 258 Å². The van der Waals surface area contributed by atoms with E-state index in [9.17, 15) is 0 Å². The Morgan fingerprint density at radius 3 is 0.768 bits per heavy atom. The molecule has 15 heteroatoms. The van der Waals surface area contributed by atoms with Crippen molar-refractivity contribution in [1.29, 1.82) is 0 Å². The van der Waals surface area contributed by atoms with E-state index in [4.69, 9.17) is 44.9 Å². The number of thiophene rings is 3. The fourth-order valence-corrected chi connectivity index (χ4v) is 24.5. The van der Waals surface area contributed by atoms with Crippen LogP contribution in [0.15, 0.2) is 455 Å². The second-order valence-electron chi connectivity index (χ2n) is 33.8. The number of benzene rings is 18. The Balaban J connectivity index is 0.000000111. The van der Waals surface area contributed by atoms with E-state index < -0.39 is 0 Å². The van der Waals surface area contributed by atoms with Crippen LogP contribution in [0.1, 0.15) is 0 Å². The van der Waals surface area contributed by atoms with Crippen LogP contribution in [-0.4, -0.2) is 44.9 Å². The first-order valence-electron chi connectivity index (χ1n) is 45.6. The third-order valence-corrected chi connectivity index (χ3v) is 31.7. The zero-order valence-corrected chi connectivity index (χ0v) is 78.7. The van der Waals surface area contributed by atoms with Gasteiger partial charge in [0.05, 0.1) is 64.8 Å². The Kier molecular flexibility index (Phi) is 22.0. The van der Waals surface area contributed by atoms with Crippen molar-refractivity contribution in [3.8, 4) is 167 Å². The molecule has 0 fully saturated rings. The van der Waals surface area contributed by atoms with Crippen molar-refractivity contribution >= 4 is 159 Å². The largest absolute Gasteiger partial charge is 0.236 e. The van der Waals surface area contributed by atoms with Gasteiger partial charge in [-0.05, 0) is 155 Å². The van der Waals surface area contributed by atoms with Crippen molar-refractivity contribution in [2.24, 2.45) is 0 Å². The Morgan fingerprint density at radius 2 is 0.384 bits per heavy atom. The zero-order chi connectivity index (χ0) is 91.4. The standard InChI is InChI=1S/C47H29N3S2.C41H25N3S2.C35H21N3S2/c1-3-11-30(12-4-1)32-21-23-33(24-22-32)40-29-41(35-16-9-15-34(27-35)31-13-5-2-6-14-31)49-46(48-40)37-17-10-20-44-45(37)38-28-36(25-26-42(38)51-44)47-50-39-18-7-8-19-43(39)52-47;1-3-11-26(12-4-1)28-15-9-16-29(23-28)35-25-34(27-13-5-2-6-14-27)42-40(43-35)31-17-10-20-38-39(31)32-24-30(21-22-36(32)45-38)41-44-33-18-7-8-19-37(33)46-41;1-3-10-22(11-4-1)28-21-29(37-34(36-28)23-12-5-2-6-13-23)25-14-9-17-32-33(25)26-20-24(18-19-30(26)39-32)35-38-27-15-7-8-16-31(27)40-35/h1-29H;1-25H;1-21H. The summed E-state index contributed by atoms with van der Waals surface area (Å²) >= 11 is 10.6. The Hall–Kier alpha value is -16.5. The van der Waals surface area contributed by atoms with Crippen molar-refractivity contribution < 1.29 is 0 Å². The minimum Gasteiger partial charge on any atom is -0.236 e. The van der Waals surface area contributed by atoms with Crippen LogP contribution in [0.2, 0.25) is 0 Å². The van der Waals surface area contributed by atoms with Gasteiger partial charge in [-0.2, -0.15) is 0 Å². The molecule has 27 aromatic rings. The Labute approximate surface area is 818 Å². The molecule has 0 aliphatic carbocycles. The van der Waals surface area contributed by atoms with E-state index in [0.29, 0.717) is 5.82 Å². The van der Waals surface area contributed by atoms with Crippen LogP contribution in [0.5, 0.6) is 0 Å². The number of hydrogen-bond donors (Lipinski definition) is 0. The topological polar surface area (TPSA) is 116 Å². The third kappa shape index (κ3) is 16.4. The van der Waals surface area contributed by atoms with Crippen molar-refractivity contribution in [1.82, 2.24) is 44.9 Å². The summed E-state index contributed by atoms with van der Waals surface area (Å²) in [7, 11) is 0. The van der Waals surface area contributed by atoms with Crippen LogP contribution >= 0.6 is 68.0 Å². The lowest BCUT2D eigenvalue weighted by molar-refractivity contribution is 1.19. The first kappa shape index (κ1) is 83.4. The monoisotopic (exact) mass is 1870 g/mol. The highest BCUT2D eigenvalue weighted by molar-refractivity contribution is 7.27. The SMILES string of the molecule is c1ccc(-c2cc(-c3cccc4sc5ccc(-c6nc7ccccc7s6)cc5c34)nc(-c3ccccc3)n2)cc1.c1ccc(-c2ccc(-c3cc(-c4cccc(-c5ccccc5)c4)nc(-c4cccc5sc6ccc(-c7nc8ccccc8s7)cc6c45)n3)cc2)cc1.c1ccc(-c2cccc(-c3cc(-c4ccccc4)nc(-c4cccc5sc6ccc(-c7nc8ccccc8s7)cc6c45)n3)c2)cc1. The van der Waals surface area contributed by atoms with Crippen LogP contribution in [0, 0.1) is 0 Å². The lowest BCUT2D eigenvalue weighted by atomic mass is 9.99. The molecule has 9 aromatic heterocycles. The van der Waals surface area contributed by atoms with Crippen LogP contribution < -0.4 is 0 Å². The lowest BCUT2D eigenvalue weighted by Gasteiger charge is -2.12. The van der Waals surface area contributed by atoms with Crippen LogP contribution in [-0.2, 0) is 0 Å². The molecule has 0 unspecified atom stereocenters. The summed E-state index contributed by atoms with van der Waals surface area (Å²) < 4.78 is 11.0. The molecule has 9 nitrogen and oxygen atoms in total. The van der Waals surface area contributed by atoms with Gasteiger partial charge in [0.25, 0.3) is 0 Å². The molecule has 0 saturated carbocycles. The average molecular weight is 1870 g/mol. The van der Waals surface area contributed by atoms with Gasteiger partial charge in [-0.25, -0.2) is 44.9 Å². The highest BCUT2D eigenvalue weighted by atomic mass is 32.1. The van der Waals surface area contributed by atoms with Crippen molar-refractivity contribution in [2.75, 3.05) is 0 Å². The van der Waals surface area contributed by atoms with Crippen molar-refractivity contribution in [3.05, 3.63) is 455 Å². The molecule has 0 radical (unpaired) electrons.